The molecule has 11 heteroatoms. The molecule has 1 heterocycles. The fraction of sp³-hybridized carbons (Fsp3) is 0.355. The highest BCUT2D eigenvalue weighted by Gasteiger charge is 2.35. The summed E-state index contributed by atoms with van der Waals surface area (Å²) in [7, 11) is -2.62. The van der Waals surface area contributed by atoms with Gasteiger partial charge in [0.2, 0.25) is 10.0 Å². The molecule has 224 valence electrons. The number of hydrazine groups is 1. The van der Waals surface area contributed by atoms with Crippen LogP contribution in [0.15, 0.2) is 83.8 Å². The van der Waals surface area contributed by atoms with Gasteiger partial charge >= 0.3 is 12.0 Å². The lowest BCUT2D eigenvalue weighted by molar-refractivity contribution is -0.137. The molecule has 2 atom stereocenters. The topological polar surface area (TPSA) is 110 Å². The number of nitrogens with one attached hydrogen (secondary N) is 1. The normalized spacial score (nSPS) is 17.6. The first-order valence-electron chi connectivity index (χ1n) is 14.0. The molecule has 1 aliphatic heterocycles. The average Bonchev–Trinajstić information content (AvgIpc) is 2.96. The third kappa shape index (κ3) is 7.89. The molecule has 0 bridgehead atoms. The van der Waals surface area contributed by atoms with E-state index in [1.54, 1.807) is 53.5 Å². The highest BCUT2D eigenvalue weighted by atomic mass is 35.5. The van der Waals surface area contributed by atoms with Crippen molar-refractivity contribution in [2.75, 3.05) is 30.5 Å². The van der Waals surface area contributed by atoms with E-state index in [-0.39, 0.29) is 17.0 Å². The quantitative estimate of drug-likeness (QED) is 0.270. The lowest BCUT2D eigenvalue weighted by Gasteiger charge is -2.45. The Labute approximate surface area is 252 Å². The Morgan fingerprint density at radius 2 is 1.69 bits per heavy atom. The maximum atomic E-state index is 13.7. The molecule has 2 amide bonds. The van der Waals surface area contributed by atoms with E-state index in [0.29, 0.717) is 23.2 Å². The molecule has 0 aromatic heterocycles. The van der Waals surface area contributed by atoms with Gasteiger partial charge in [0.05, 0.1) is 10.6 Å². The summed E-state index contributed by atoms with van der Waals surface area (Å²) in [4.78, 5) is 24.7. The van der Waals surface area contributed by atoms with E-state index >= 15 is 0 Å². The molecule has 3 aromatic rings. The summed E-state index contributed by atoms with van der Waals surface area (Å²) in [6.45, 7) is 2.23. The van der Waals surface area contributed by atoms with Gasteiger partial charge in [0, 0.05) is 30.3 Å². The Morgan fingerprint density at radius 1 is 1.02 bits per heavy atom. The number of hydrogen-bond acceptors (Lipinski definition) is 5. The Morgan fingerprint density at radius 3 is 2.31 bits per heavy atom. The van der Waals surface area contributed by atoms with Crippen LogP contribution in [0.2, 0.25) is 5.02 Å². The molecule has 3 aromatic carbocycles. The predicted octanol–water partition coefficient (Wildman–Crippen LogP) is 6.12. The van der Waals surface area contributed by atoms with Gasteiger partial charge in [-0.15, -0.1) is 0 Å². The molecule has 0 radical (unpaired) electrons. The van der Waals surface area contributed by atoms with Crippen LogP contribution >= 0.6 is 11.6 Å². The van der Waals surface area contributed by atoms with Crippen LogP contribution in [0.4, 0.5) is 16.2 Å². The highest BCUT2D eigenvalue weighted by Crippen LogP contribution is 2.32. The minimum absolute atomic E-state index is 0.0684. The summed E-state index contributed by atoms with van der Waals surface area (Å²) in [6.07, 6.45) is 4.40. The summed E-state index contributed by atoms with van der Waals surface area (Å²) in [6, 6.07) is 23.2. The minimum atomic E-state index is -3.88. The summed E-state index contributed by atoms with van der Waals surface area (Å²) >= 11 is 6.03. The molecular weight excluding hydrogens is 576 g/mol. The first-order chi connectivity index (χ1) is 20.1. The molecule has 9 nitrogen and oxygen atoms in total. The van der Waals surface area contributed by atoms with Gasteiger partial charge in [-0.1, -0.05) is 55.3 Å². The summed E-state index contributed by atoms with van der Waals surface area (Å²) in [5.74, 6) is -0.856. The monoisotopic (exact) mass is 612 g/mol. The van der Waals surface area contributed by atoms with Crippen LogP contribution in [0.3, 0.4) is 0 Å². The van der Waals surface area contributed by atoms with Gasteiger partial charge in [0.25, 0.3) is 0 Å². The molecule has 2 unspecified atom stereocenters. The number of piperidine rings is 1. The number of urea groups is 1. The SMILES string of the molecule is CCCC1CC(Cc2ccc(S(=O)(=O)N(C)CC(=O)O)cc2)CCN1N(C(=O)Nc1ccc(Cl)cc1)c1ccccc1. The smallest absolute Gasteiger partial charge is 0.341 e. The van der Waals surface area contributed by atoms with Gasteiger partial charge in [0.1, 0.15) is 6.54 Å². The van der Waals surface area contributed by atoms with Crippen molar-refractivity contribution in [1.82, 2.24) is 9.31 Å². The molecule has 0 aliphatic carbocycles. The number of carboxylic acid groups (broad SMARTS) is 1. The van der Waals surface area contributed by atoms with Crippen LogP contribution < -0.4 is 10.3 Å². The van der Waals surface area contributed by atoms with E-state index in [4.69, 9.17) is 16.7 Å². The molecule has 0 saturated carbocycles. The molecular formula is C31H37ClN4O5S. The van der Waals surface area contributed by atoms with Crippen molar-refractivity contribution < 1.29 is 23.1 Å². The Balaban J connectivity index is 1.49. The summed E-state index contributed by atoms with van der Waals surface area (Å²) in [5, 5.41) is 16.5. The average molecular weight is 613 g/mol. The number of para-hydroxylation sites is 1. The third-order valence-corrected chi connectivity index (χ3v) is 9.54. The Hall–Kier alpha value is -3.44. The van der Waals surface area contributed by atoms with Crippen molar-refractivity contribution in [1.29, 1.82) is 0 Å². The second-order valence-electron chi connectivity index (χ2n) is 10.6. The number of carbonyl (C=O) groups excluding carboxylic acids is 1. The van der Waals surface area contributed by atoms with Crippen molar-refractivity contribution in [3.05, 3.63) is 89.4 Å². The number of likely N-dealkylation sites (N-methyl/N-ethyl adjacent to an activating group) is 1. The molecule has 0 spiro atoms. The van der Waals surface area contributed by atoms with Crippen LogP contribution in [0, 0.1) is 5.92 Å². The number of carboxylic acids is 1. The number of hydrogen-bond donors (Lipinski definition) is 2. The number of amides is 2. The molecule has 1 aliphatic rings. The summed E-state index contributed by atoms with van der Waals surface area (Å²) < 4.78 is 26.2. The van der Waals surface area contributed by atoms with Gasteiger partial charge in [-0.25, -0.2) is 23.2 Å². The zero-order valence-corrected chi connectivity index (χ0v) is 25.4. The van der Waals surface area contributed by atoms with Crippen LogP contribution in [0.1, 0.15) is 38.2 Å². The van der Waals surface area contributed by atoms with Gasteiger partial charge in [0.15, 0.2) is 0 Å². The maximum absolute atomic E-state index is 13.7. The van der Waals surface area contributed by atoms with Crippen molar-refractivity contribution in [3.8, 4) is 0 Å². The van der Waals surface area contributed by atoms with E-state index in [1.807, 2.05) is 30.3 Å². The molecule has 1 fully saturated rings. The molecule has 4 rings (SSSR count). The van der Waals surface area contributed by atoms with Crippen LogP contribution in [0.25, 0.3) is 0 Å². The van der Waals surface area contributed by atoms with Gasteiger partial charge in [-0.3, -0.25) is 4.79 Å². The number of aliphatic carboxylic acids is 1. The number of sulfonamides is 1. The molecule has 2 N–H and O–H groups in total. The van der Waals surface area contributed by atoms with Crippen molar-refractivity contribution in [2.45, 2.75) is 50.0 Å². The minimum Gasteiger partial charge on any atom is -0.480 e. The van der Waals surface area contributed by atoms with E-state index in [1.165, 1.54) is 7.05 Å². The van der Waals surface area contributed by atoms with Crippen LogP contribution in [0.5, 0.6) is 0 Å². The zero-order valence-electron chi connectivity index (χ0n) is 23.8. The van der Waals surface area contributed by atoms with Gasteiger partial charge in [-0.2, -0.15) is 4.31 Å². The Bertz CT molecular complexity index is 1450. The van der Waals surface area contributed by atoms with Crippen molar-refractivity contribution in [3.63, 3.8) is 0 Å². The van der Waals surface area contributed by atoms with E-state index in [0.717, 1.165) is 47.7 Å². The number of benzene rings is 3. The number of rotatable bonds is 11. The second kappa shape index (κ2) is 14.2. The van der Waals surface area contributed by atoms with Crippen molar-refractivity contribution >= 4 is 45.0 Å². The fourth-order valence-corrected chi connectivity index (χ4v) is 6.66. The first kappa shape index (κ1) is 31.5. The van der Waals surface area contributed by atoms with Gasteiger partial charge < -0.3 is 10.4 Å². The lowest BCUT2D eigenvalue weighted by Crippen LogP contribution is -2.56. The van der Waals surface area contributed by atoms with Crippen molar-refractivity contribution in [2.24, 2.45) is 5.92 Å². The zero-order chi connectivity index (χ0) is 30.3. The van der Waals surface area contributed by atoms with E-state index in [2.05, 4.69) is 17.2 Å². The standard InChI is InChI=1S/C31H37ClN4O5S/c1-3-7-28-21-24(20-23-10-16-29(17-11-23)42(40,41)34(2)22-30(37)38)18-19-35(28)36(27-8-5-4-6-9-27)31(39)33-26-14-12-25(32)13-15-26/h4-6,8-17,24,28H,3,7,18-22H2,1-2H3,(H,33,39)(H,37,38). The lowest BCUT2D eigenvalue weighted by atomic mass is 9.85. The van der Waals surface area contributed by atoms with E-state index in [9.17, 15) is 18.0 Å². The number of carbonyl (C=O) groups is 2. The third-order valence-electron chi connectivity index (χ3n) is 7.47. The second-order valence-corrected chi connectivity index (χ2v) is 13.1. The van der Waals surface area contributed by atoms with Crippen LogP contribution in [-0.4, -0.2) is 61.0 Å². The van der Waals surface area contributed by atoms with Crippen LogP contribution in [-0.2, 0) is 21.2 Å². The molecule has 1 saturated heterocycles. The first-order valence-corrected chi connectivity index (χ1v) is 15.9. The number of nitrogens with zero attached hydrogens (tertiary/aromatic N) is 3. The van der Waals surface area contributed by atoms with E-state index < -0.39 is 22.5 Å². The molecule has 42 heavy (non-hydrogen) atoms. The summed E-state index contributed by atoms with van der Waals surface area (Å²) in [5.41, 5.74) is 2.46. The highest BCUT2D eigenvalue weighted by molar-refractivity contribution is 7.89. The number of anilines is 2. The number of halogens is 1. The largest absolute Gasteiger partial charge is 0.480 e. The maximum Gasteiger partial charge on any atom is 0.341 e. The van der Waals surface area contributed by atoms with Gasteiger partial charge in [-0.05, 0) is 85.7 Å². The Kier molecular flexibility index (Phi) is 10.6. The fourth-order valence-electron chi connectivity index (χ4n) is 5.42. The predicted molar refractivity (Wildman–Crippen MR) is 165 cm³/mol.